The SMILES string of the molecule is COC(C)CCCCCCCC(C)(C)C. The van der Waals surface area contributed by atoms with Crippen molar-refractivity contribution in [2.45, 2.75) is 78.7 Å². The Morgan fingerprint density at radius 2 is 1.47 bits per heavy atom. The summed E-state index contributed by atoms with van der Waals surface area (Å²) in [5.74, 6) is 0. The molecule has 1 unspecified atom stereocenters. The van der Waals surface area contributed by atoms with Gasteiger partial charge >= 0.3 is 0 Å². The minimum Gasteiger partial charge on any atom is -0.382 e. The third-order valence-electron chi connectivity index (χ3n) is 2.94. The van der Waals surface area contributed by atoms with E-state index in [1.165, 1.54) is 44.9 Å². The van der Waals surface area contributed by atoms with Crippen molar-refractivity contribution in [2.75, 3.05) is 7.11 Å². The minimum atomic E-state index is 0.444. The second-order valence-corrected chi connectivity index (χ2v) is 5.91. The van der Waals surface area contributed by atoms with Crippen LogP contribution in [0.1, 0.15) is 72.6 Å². The number of rotatable bonds is 8. The van der Waals surface area contributed by atoms with Gasteiger partial charge in [0.15, 0.2) is 0 Å². The second kappa shape index (κ2) is 8.15. The van der Waals surface area contributed by atoms with Crippen LogP contribution in [0.4, 0.5) is 0 Å². The van der Waals surface area contributed by atoms with Gasteiger partial charge in [-0.3, -0.25) is 0 Å². The molecule has 1 atom stereocenters. The third kappa shape index (κ3) is 11.9. The Morgan fingerprint density at radius 3 is 2.00 bits per heavy atom. The van der Waals surface area contributed by atoms with Crippen molar-refractivity contribution in [3.8, 4) is 0 Å². The molecule has 0 aliphatic heterocycles. The first kappa shape index (κ1) is 15.0. The molecule has 0 aromatic carbocycles. The predicted molar refractivity (Wildman–Crippen MR) is 68.2 cm³/mol. The highest BCUT2D eigenvalue weighted by molar-refractivity contribution is 4.61. The lowest BCUT2D eigenvalue weighted by molar-refractivity contribution is 0.108. The van der Waals surface area contributed by atoms with Crippen LogP contribution in [0.25, 0.3) is 0 Å². The van der Waals surface area contributed by atoms with Crippen molar-refractivity contribution in [3.05, 3.63) is 0 Å². The first-order chi connectivity index (χ1) is 6.95. The Bertz CT molecular complexity index is 135. The van der Waals surface area contributed by atoms with Crippen molar-refractivity contribution in [2.24, 2.45) is 5.41 Å². The van der Waals surface area contributed by atoms with Gasteiger partial charge in [0.25, 0.3) is 0 Å². The van der Waals surface area contributed by atoms with E-state index in [-0.39, 0.29) is 0 Å². The number of ether oxygens (including phenoxy) is 1. The zero-order valence-corrected chi connectivity index (χ0v) is 11.4. The molecule has 0 amide bonds. The summed E-state index contributed by atoms with van der Waals surface area (Å²) in [7, 11) is 1.80. The molecule has 15 heavy (non-hydrogen) atoms. The van der Waals surface area contributed by atoms with Crippen molar-refractivity contribution < 1.29 is 4.74 Å². The smallest absolute Gasteiger partial charge is 0.0543 e. The van der Waals surface area contributed by atoms with Gasteiger partial charge in [0, 0.05) is 7.11 Å². The molecule has 0 heterocycles. The Morgan fingerprint density at radius 1 is 0.933 bits per heavy atom. The number of unbranched alkanes of at least 4 members (excludes halogenated alkanes) is 4. The monoisotopic (exact) mass is 214 g/mol. The molecule has 0 rings (SSSR count). The summed E-state index contributed by atoms with van der Waals surface area (Å²) in [6, 6.07) is 0. The molecule has 92 valence electrons. The normalized spacial score (nSPS) is 14.2. The van der Waals surface area contributed by atoms with Crippen LogP contribution in [0.15, 0.2) is 0 Å². The van der Waals surface area contributed by atoms with E-state index in [9.17, 15) is 0 Å². The summed E-state index contributed by atoms with van der Waals surface area (Å²) in [4.78, 5) is 0. The van der Waals surface area contributed by atoms with Gasteiger partial charge in [0.05, 0.1) is 6.10 Å². The molecule has 1 heteroatoms. The lowest BCUT2D eigenvalue weighted by Crippen LogP contribution is -2.04. The average Bonchev–Trinajstić information content (AvgIpc) is 2.14. The lowest BCUT2D eigenvalue weighted by atomic mass is 9.89. The van der Waals surface area contributed by atoms with Gasteiger partial charge in [-0.15, -0.1) is 0 Å². The van der Waals surface area contributed by atoms with Crippen LogP contribution in [0, 0.1) is 5.41 Å². The van der Waals surface area contributed by atoms with Gasteiger partial charge in [-0.1, -0.05) is 52.9 Å². The maximum Gasteiger partial charge on any atom is 0.0543 e. The largest absolute Gasteiger partial charge is 0.382 e. The molecule has 1 nitrogen and oxygen atoms in total. The Labute approximate surface area is 96.6 Å². The average molecular weight is 214 g/mol. The maximum absolute atomic E-state index is 5.22. The van der Waals surface area contributed by atoms with E-state index in [0.717, 1.165) is 0 Å². The molecular weight excluding hydrogens is 184 g/mol. The van der Waals surface area contributed by atoms with Gasteiger partial charge in [0.2, 0.25) is 0 Å². The summed E-state index contributed by atoms with van der Waals surface area (Å²) in [5.41, 5.74) is 0.518. The van der Waals surface area contributed by atoms with Gasteiger partial charge in [0.1, 0.15) is 0 Å². The van der Waals surface area contributed by atoms with E-state index < -0.39 is 0 Å². The molecule has 0 bridgehead atoms. The lowest BCUT2D eigenvalue weighted by Gasteiger charge is -2.17. The molecule has 0 N–H and O–H groups in total. The standard InChI is InChI=1S/C14H30O/c1-13(15-5)11-9-7-6-8-10-12-14(2,3)4/h13H,6-12H2,1-5H3. The van der Waals surface area contributed by atoms with E-state index in [1.807, 2.05) is 0 Å². The zero-order valence-electron chi connectivity index (χ0n) is 11.4. The second-order valence-electron chi connectivity index (χ2n) is 5.91. The quantitative estimate of drug-likeness (QED) is 0.527. The molecule has 0 aromatic heterocycles. The van der Waals surface area contributed by atoms with Crippen LogP contribution in [0.2, 0.25) is 0 Å². The third-order valence-corrected chi connectivity index (χ3v) is 2.94. The van der Waals surface area contributed by atoms with Crippen LogP contribution in [-0.2, 0) is 4.74 Å². The minimum absolute atomic E-state index is 0.444. The van der Waals surface area contributed by atoms with Crippen molar-refractivity contribution in [1.29, 1.82) is 0 Å². The van der Waals surface area contributed by atoms with Crippen LogP contribution in [0.5, 0.6) is 0 Å². The Hall–Kier alpha value is -0.0400. The summed E-state index contributed by atoms with van der Waals surface area (Å²) in [6.07, 6.45) is 9.91. The van der Waals surface area contributed by atoms with Crippen molar-refractivity contribution in [3.63, 3.8) is 0 Å². The molecule has 0 saturated heterocycles. The fourth-order valence-electron chi connectivity index (χ4n) is 1.74. The zero-order chi connectivity index (χ0) is 11.7. The number of hydrogen-bond donors (Lipinski definition) is 0. The highest BCUT2D eigenvalue weighted by atomic mass is 16.5. The van der Waals surface area contributed by atoms with Gasteiger partial charge in [-0.05, 0) is 25.2 Å². The summed E-state index contributed by atoms with van der Waals surface area (Å²) < 4.78 is 5.22. The molecule has 0 aliphatic carbocycles. The van der Waals surface area contributed by atoms with E-state index in [1.54, 1.807) is 7.11 Å². The molecule has 0 spiro atoms. The Balaban J connectivity index is 3.12. The van der Waals surface area contributed by atoms with Crippen LogP contribution < -0.4 is 0 Å². The van der Waals surface area contributed by atoms with Gasteiger partial charge in [-0.2, -0.15) is 0 Å². The first-order valence-corrected chi connectivity index (χ1v) is 6.48. The first-order valence-electron chi connectivity index (χ1n) is 6.48. The molecule has 0 aliphatic rings. The van der Waals surface area contributed by atoms with E-state index in [2.05, 4.69) is 27.7 Å². The van der Waals surface area contributed by atoms with E-state index in [0.29, 0.717) is 11.5 Å². The van der Waals surface area contributed by atoms with E-state index >= 15 is 0 Å². The fraction of sp³-hybridized carbons (Fsp3) is 1.00. The molecule has 0 radical (unpaired) electrons. The summed E-state index contributed by atoms with van der Waals surface area (Å²) in [6.45, 7) is 9.13. The van der Waals surface area contributed by atoms with Crippen LogP contribution in [-0.4, -0.2) is 13.2 Å². The van der Waals surface area contributed by atoms with E-state index in [4.69, 9.17) is 4.74 Å². The summed E-state index contributed by atoms with van der Waals surface area (Å²) >= 11 is 0. The topological polar surface area (TPSA) is 9.23 Å². The summed E-state index contributed by atoms with van der Waals surface area (Å²) in [5, 5.41) is 0. The maximum atomic E-state index is 5.22. The molecule has 0 fully saturated rings. The highest BCUT2D eigenvalue weighted by Gasteiger charge is 2.08. The highest BCUT2D eigenvalue weighted by Crippen LogP contribution is 2.22. The fourth-order valence-corrected chi connectivity index (χ4v) is 1.74. The number of methoxy groups -OCH3 is 1. The van der Waals surface area contributed by atoms with Gasteiger partial charge in [-0.25, -0.2) is 0 Å². The predicted octanol–water partition coefficient (Wildman–Crippen LogP) is 4.80. The molecule has 0 saturated carbocycles. The van der Waals surface area contributed by atoms with Crippen molar-refractivity contribution >= 4 is 0 Å². The van der Waals surface area contributed by atoms with Crippen molar-refractivity contribution in [1.82, 2.24) is 0 Å². The Kier molecular flexibility index (Phi) is 8.13. The molecular formula is C14H30O. The number of hydrogen-bond acceptors (Lipinski definition) is 1. The van der Waals surface area contributed by atoms with Gasteiger partial charge < -0.3 is 4.74 Å². The molecule has 0 aromatic rings. The van der Waals surface area contributed by atoms with Crippen LogP contribution in [0.3, 0.4) is 0 Å². The van der Waals surface area contributed by atoms with Crippen LogP contribution >= 0.6 is 0 Å².